The molecule has 0 saturated carbocycles. The van der Waals surface area contributed by atoms with Gasteiger partial charge in [0.05, 0.1) is 15.6 Å². The van der Waals surface area contributed by atoms with Gasteiger partial charge in [0.2, 0.25) is 10.0 Å². The second-order valence-corrected chi connectivity index (χ2v) is 7.61. The summed E-state index contributed by atoms with van der Waals surface area (Å²) in [7, 11) is -3.52. The van der Waals surface area contributed by atoms with Gasteiger partial charge in [-0.15, -0.1) is 11.3 Å². The Morgan fingerprint density at radius 1 is 1.33 bits per heavy atom. The Hall–Kier alpha value is -1.28. The number of aromatic nitrogens is 1. The molecule has 0 atom stereocenters. The van der Waals surface area contributed by atoms with E-state index in [0.29, 0.717) is 30.0 Å². The highest BCUT2D eigenvalue weighted by Crippen LogP contribution is 2.17. The number of thiazole rings is 1. The Morgan fingerprint density at radius 2 is 2.10 bits per heavy atom. The van der Waals surface area contributed by atoms with Gasteiger partial charge in [0.25, 0.3) is 0 Å². The zero-order chi connectivity index (χ0) is 15.5. The smallest absolute Gasteiger partial charge is 0.240 e. The third-order valence-corrected chi connectivity index (χ3v) is 5.54. The number of hydrogen-bond donors (Lipinski definition) is 2. The van der Waals surface area contributed by atoms with Crippen molar-refractivity contribution in [1.29, 1.82) is 0 Å². The number of nitrogens with one attached hydrogen (secondary N) is 1. The molecule has 0 amide bonds. The van der Waals surface area contributed by atoms with E-state index in [2.05, 4.69) is 9.71 Å². The summed E-state index contributed by atoms with van der Waals surface area (Å²) < 4.78 is 27.3. The molecule has 0 aliphatic rings. The fraction of sp³-hybridized carbons (Fsp3) is 0.357. The van der Waals surface area contributed by atoms with E-state index in [4.69, 9.17) is 5.73 Å². The summed E-state index contributed by atoms with van der Waals surface area (Å²) in [6.45, 7) is 4.36. The second kappa shape index (κ2) is 6.65. The summed E-state index contributed by atoms with van der Waals surface area (Å²) in [6.07, 6.45) is 0.583. The molecule has 0 aliphatic heterocycles. The van der Waals surface area contributed by atoms with Crippen LogP contribution in [0.5, 0.6) is 0 Å². The first-order chi connectivity index (χ1) is 9.92. The maximum Gasteiger partial charge on any atom is 0.240 e. The minimum absolute atomic E-state index is 0.292. The molecule has 7 heteroatoms. The van der Waals surface area contributed by atoms with Crippen LogP contribution >= 0.6 is 11.3 Å². The number of rotatable bonds is 6. The van der Waals surface area contributed by atoms with Crippen LogP contribution in [-0.4, -0.2) is 19.9 Å². The van der Waals surface area contributed by atoms with Crippen LogP contribution in [0.1, 0.15) is 21.8 Å². The maximum absolute atomic E-state index is 12.3. The molecule has 2 aromatic rings. The molecule has 0 unspecified atom stereocenters. The third kappa shape index (κ3) is 4.10. The first kappa shape index (κ1) is 16.1. The minimum atomic E-state index is -3.52. The molecular formula is C14H19N3O2S2. The Balaban J connectivity index is 2.07. The van der Waals surface area contributed by atoms with Crippen molar-refractivity contribution in [2.75, 3.05) is 6.54 Å². The van der Waals surface area contributed by atoms with Crippen LogP contribution in [0.4, 0.5) is 0 Å². The second-order valence-electron chi connectivity index (χ2n) is 4.81. The van der Waals surface area contributed by atoms with Crippen LogP contribution in [0.2, 0.25) is 0 Å². The van der Waals surface area contributed by atoms with Gasteiger partial charge in [0.1, 0.15) is 0 Å². The number of nitrogens with zero attached hydrogens (tertiary/aromatic N) is 1. The Bertz CT molecular complexity index is 724. The molecule has 5 nitrogen and oxygen atoms in total. The van der Waals surface area contributed by atoms with Gasteiger partial charge in [-0.25, -0.2) is 18.1 Å². The van der Waals surface area contributed by atoms with Gasteiger partial charge in [-0.1, -0.05) is 12.1 Å². The van der Waals surface area contributed by atoms with Gasteiger partial charge < -0.3 is 5.73 Å². The SMILES string of the molecule is Cc1nc(CCNS(=O)(=O)c2cc(CN)ccc2C)cs1. The Morgan fingerprint density at radius 3 is 2.71 bits per heavy atom. The lowest BCUT2D eigenvalue weighted by Crippen LogP contribution is -2.27. The molecule has 2 rings (SSSR count). The van der Waals surface area contributed by atoms with E-state index < -0.39 is 10.0 Å². The van der Waals surface area contributed by atoms with Crippen molar-refractivity contribution in [3.8, 4) is 0 Å². The molecule has 0 radical (unpaired) electrons. The summed E-state index contributed by atoms with van der Waals surface area (Å²) in [6, 6.07) is 5.25. The quantitative estimate of drug-likeness (QED) is 0.847. The van der Waals surface area contributed by atoms with Crippen LogP contribution < -0.4 is 10.5 Å². The van der Waals surface area contributed by atoms with Crippen molar-refractivity contribution in [3.63, 3.8) is 0 Å². The standard InChI is InChI=1S/C14H19N3O2S2/c1-10-3-4-12(8-15)7-14(10)21(18,19)16-6-5-13-9-20-11(2)17-13/h3-4,7,9,16H,5-6,8,15H2,1-2H3. The van der Waals surface area contributed by atoms with E-state index in [9.17, 15) is 8.42 Å². The molecule has 21 heavy (non-hydrogen) atoms. The zero-order valence-corrected chi connectivity index (χ0v) is 13.7. The molecule has 0 saturated heterocycles. The lowest BCUT2D eigenvalue weighted by atomic mass is 10.1. The molecular weight excluding hydrogens is 306 g/mol. The number of nitrogens with two attached hydrogens (primary N) is 1. The average Bonchev–Trinajstić information content (AvgIpc) is 2.84. The minimum Gasteiger partial charge on any atom is -0.326 e. The van der Waals surface area contributed by atoms with E-state index >= 15 is 0 Å². The third-order valence-electron chi connectivity index (χ3n) is 3.12. The number of aryl methyl sites for hydroxylation is 2. The van der Waals surface area contributed by atoms with E-state index in [1.165, 1.54) is 0 Å². The highest BCUT2D eigenvalue weighted by Gasteiger charge is 2.16. The lowest BCUT2D eigenvalue weighted by molar-refractivity contribution is 0.580. The van der Waals surface area contributed by atoms with Gasteiger partial charge >= 0.3 is 0 Å². The van der Waals surface area contributed by atoms with Gasteiger partial charge in [-0.3, -0.25) is 0 Å². The first-order valence-electron chi connectivity index (χ1n) is 6.62. The summed E-state index contributed by atoms with van der Waals surface area (Å²) in [5.41, 5.74) is 7.99. The van der Waals surface area contributed by atoms with Crippen LogP contribution in [0.25, 0.3) is 0 Å². The van der Waals surface area contributed by atoms with E-state index in [-0.39, 0.29) is 0 Å². The van der Waals surface area contributed by atoms with Crippen molar-refractivity contribution in [2.24, 2.45) is 5.73 Å². The summed E-state index contributed by atoms with van der Waals surface area (Å²) >= 11 is 1.56. The molecule has 0 spiro atoms. The molecule has 114 valence electrons. The topological polar surface area (TPSA) is 85.1 Å². The van der Waals surface area contributed by atoms with Crippen LogP contribution in [0.15, 0.2) is 28.5 Å². The first-order valence-corrected chi connectivity index (χ1v) is 8.99. The monoisotopic (exact) mass is 325 g/mol. The predicted molar refractivity (Wildman–Crippen MR) is 84.8 cm³/mol. The molecule has 1 aromatic carbocycles. The van der Waals surface area contributed by atoms with Crippen molar-refractivity contribution in [1.82, 2.24) is 9.71 Å². The maximum atomic E-state index is 12.3. The van der Waals surface area contributed by atoms with Gasteiger partial charge in [-0.2, -0.15) is 0 Å². The van der Waals surface area contributed by atoms with Gasteiger partial charge in [0, 0.05) is 24.9 Å². The number of benzene rings is 1. The van der Waals surface area contributed by atoms with Crippen molar-refractivity contribution < 1.29 is 8.42 Å². The summed E-state index contributed by atoms with van der Waals surface area (Å²) in [5.74, 6) is 0. The van der Waals surface area contributed by atoms with Crippen molar-refractivity contribution in [3.05, 3.63) is 45.4 Å². The fourth-order valence-electron chi connectivity index (χ4n) is 1.98. The van der Waals surface area contributed by atoms with E-state index in [1.807, 2.05) is 18.4 Å². The largest absolute Gasteiger partial charge is 0.326 e. The summed E-state index contributed by atoms with van der Waals surface area (Å²) in [4.78, 5) is 4.61. The molecule has 1 heterocycles. The van der Waals surface area contributed by atoms with Gasteiger partial charge in [-0.05, 0) is 31.0 Å². The highest BCUT2D eigenvalue weighted by molar-refractivity contribution is 7.89. The average molecular weight is 325 g/mol. The van der Waals surface area contributed by atoms with Crippen LogP contribution in [0.3, 0.4) is 0 Å². The molecule has 0 bridgehead atoms. The normalized spacial score (nSPS) is 11.8. The Labute approximate surface area is 129 Å². The Kier molecular flexibility index (Phi) is 5.10. The zero-order valence-electron chi connectivity index (χ0n) is 12.1. The van der Waals surface area contributed by atoms with E-state index in [1.54, 1.807) is 30.4 Å². The molecule has 0 aliphatic carbocycles. The van der Waals surface area contributed by atoms with Crippen LogP contribution in [0, 0.1) is 13.8 Å². The van der Waals surface area contributed by atoms with Gasteiger partial charge in [0.15, 0.2) is 0 Å². The fourth-order valence-corrected chi connectivity index (χ4v) is 3.95. The molecule has 0 fully saturated rings. The predicted octanol–water partition coefficient (Wildman–Crippen LogP) is 1.74. The van der Waals surface area contributed by atoms with E-state index in [0.717, 1.165) is 16.3 Å². The van der Waals surface area contributed by atoms with Crippen LogP contribution in [-0.2, 0) is 23.0 Å². The summed E-state index contributed by atoms with van der Waals surface area (Å²) in [5, 5.41) is 2.93. The molecule has 3 N–H and O–H groups in total. The van der Waals surface area contributed by atoms with Crippen molar-refractivity contribution in [2.45, 2.75) is 31.7 Å². The number of hydrogen-bond acceptors (Lipinski definition) is 5. The molecule has 1 aromatic heterocycles. The van der Waals surface area contributed by atoms with Crippen molar-refractivity contribution >= 4 is 21.4 Å². The number of sulfonamides is 1. The highest BCUT2D eigenvalue weighted by atomic mass is 32.2. The lowest BCUT2D eigenvalue weighted by Gasteiger charge is -2.10.